The monoisotopic (exact) mass is 231 g/mol. The average Bonchev–Trinajstić information content (AvgIpc) is 2.57. The molecule has 0 amide bonds. The lowest BCUT2D eigenvalue weighted by Gasteiger charge is -2.10. The lowest BCUT2D eigenvalue weighted by atomic mass is 10.1. The van der Waals surface area contributed by atoms with Crippen molar-refractivity contribution in [3.8, 4) is 0 Å². The summed E-state index contributed by atoms with van der Waals surface area (Å²) in [4.78, 5) is 10.2. The van der Waals surface area contributed by atoms with E-state index < -0.39 is 5.97 Å². The Morgan fingerprint density at radius 1 is 1.53 bits per heavy atom. The fourth-order valence-electron chi connectivity index (χ4n) is 1.70. The molecule has 2 N–H and O–H groups in total. The lowest BCUT2D eigenvalue weighted by Crippen LogP contribution is -2.26. The molecule has 0 radical (unpaired) electrons. The normalized spacial score (nSPS) is 26.2. The van der Waals surface area contributed by atoms with Crippen molar-refractivity contribution in [2.24, 2.45) is 0 Å². The molecule has 2 atom stereocenters. The molecule has 0 aromatic rings. The van der Waals surface area contributed by atoms with Gasteiger partial charge in [-0.2, -0.15) is 0 Å². The first-order valence-electron chi connectivity index (χ1n) is 5.44. The van der Waals surface area contributed by atoms with Gasteiger partial charge in [-0.15, -0.1) is 11.6 Å². The highest BCUT2D eigenvalue weighted by Gasteiger charge is 2.22. The molecule has 1 fully saturated rings. The van der Waals surface area contributed by atoms with Gasteiger partial charge in [0.1, 0.15) is 0 Å². The van der Waals surface area contributed by atoms with Crippen LogP contribution in [0.2, 0.25) is 0 Å². The summed E-state index contributed by atoms with van der Waals surface area (Å²) in [6, 6.07) is 0.391. The van der Waals surface area contributed by atoms with E-state index in [4.69, 9.17) is 16.7 Å². The molecule has 0 bridgehead atoms. The number of allylic oxidation sites excluding steroid dienone is 1. The van der Waals surface area contributed by atoms with Crippen molar-refractivity contribution in [1.82, 2.24) is 5.32 Å². The Kier molecular flexibility index (Phi) is 5.73. The van der Waals surface area contributed by atoms with Crippen molar-refractivity contribution in [2.45, 2.75) is 43.5 Å². The molecule has 3 nitrogen and oxygen atoms in total. The molecular formula is C11H18ClNO2. The maximum Gasteiger partial charge on any atom is 0.303 e. The van der Waals surface area contributed by atoms with E-state index in [0.717, 1.165) is 25.8 Å². The van der Waals surface area contributed by atoms with E-state index in [-0.39, 0.29) is 11.8 Å². The standard InChI is InChI=1S/C11H18ClNO2/c12-9-7-8-13-10(9)5-3-1-2-4-6-11(14)15/h1,3,9-10,13H,2,4-8H2,(H,14,15)/b3-1-/t9-,10-/m1/s1. The molecular weight excluding hydrogens is 214 g/mol. The highest BCUT2D eigenvalue weighted by atomic mass is 35.5. The van der Waals surface area contributed by atoms with Gasteiger partial charge in [0, 0.05) is 12.5 Å². The third kappa shape index (κ3) is 5.19. The van der Waals surface area contributed by atoms with Crippen LogP contribution in [0, 0.1) is 0 Å². The quantitative estimate of drug-likeness (QED) is 0.419. The van der Waals surface area contributed by atoms with Crippen LogP contribution in [0.5, 0.6) is 0 Å². The van der Waals surface area contributed by atoms with E-state index in [2.05, 4.69) is 11.4 Å². The maximum atomic E-state index is 10.2. The van der Waals surface area contributed by atoms with Gasteiger partial charge in [-0.3, -0.25) is 4.79 Å². The number of carbonyl (C=O) groups is 1. The minimum atomic E-state index is -0.721. The number of carboxylic acid groups (broad SMARTS) is 1. The molecule has 0 aliphatic carbocycles. The maximum absolute atomic E-state index is 10.2. The first kappa shape index (κ1) is 12.5. The van der Waals surface area contributed by atoms with Crippen LogP contribution >= 0.6 is 11.6 Å². The predicted molar refractivity (Wildman–Crippen MR) is 61.3 cm³/mol. The molecule has 1 rings (SSSR count). The smallest absolute Gasteiger partial charge is 0.303 e. The molecule has 86 valence electrons. The van der Waals surface area contributed by atoms with Gasteiger partial charge in [-0.1, -0.05) is 12.2 Å². The van der Waals surface area contributed by atoms with Crippen LogP contribution in [0.1, 0.15) is 32.1 Å². The number of carboxylic acids is 1. The summed E-state index contributed by atoms with van der Waals surface area (Å²) in [6.45, 7) is 1.01. The number of rotatable bonds is 6. The summed E-state index contributed by atoms with van der Waals surface area (Å²) in [6.07, 6.45) is 7.94. The molecule has 0 aromatic heterocycles. The van der Waals surface area contributed by atoms with Crippen LogP contribution in [0.3, 0.4) is 0 Å². The SMILES string of the molecule is O=C(O)CCC/C=C\C[C@H]1NCC[C@H]1Cl. The summed E-state index contributed by atoms with van der Waals surface area (Å²) in [5, 5.41) is 12.0. The second kappa shape index (κ2) is 6.85. The van der Waals surface area contributed by atoms with Crippen molar-refractivity contribution >= 4 is 17.6 Å². The lowest BCUT2D eigenvalue weighted by molar-refractivity contribution is -0.137. The van der Waals surface area contributed by atoms with Crippen LogP contribution in [-0.2, 0) is 4.79 Å². The minimum Gasteiger partial charge on any atom is -0.481 e. The van der Waals surface area contributed by atoms with E-state index in [9.17, 15) is 4.79 Å². The highest BCUT2D eigenvalue weighted by Crippen LogP contribution is 2.16. The number of unbranched alkanes of at least 4 members (excludes halogenated alkanes) is 1. The van der Waals surface area contributed by atoms with E-state index in [0.29, 0.717) is 12.5 Å². The third-order valence-electron chi connectivity index (χ3n) is 2.58. The second-order valence-electron chi connectivity index (χ2n) is 3.86. The summed E-state index contributed by atoms with van der Waals surface area (Å²) < 4.78 is 0. The minimum absolute atomic E-state index is 0.244. The number of alkyl halides is 1. The van der Waals surface area contributed by atoms with E-state index >= 15 is 0 Å². The van der Waals surface area contributed by atoms with Crippen molar-refractivity contribution in [3.63, 3.8) is 0 Å². The largest absolute Gasteiger partial charge is 0.481 e. The van der Waals surface area contributed by atoms with E-state index in [1.54, 1.807) is 0 Å². The first-order chi connectivity index (χ1) is 7.20. The molecule has 4 heteroatoms. The number of aliphatic carboxylic acids is 1. The molecule has 0 saturated carbocycles. The van der Waals surface area contributed by atoms with Gasteiger partial charge >= 0.3 is 5.97 Å². The Hall–Kier alpha value is -0.540. The van der Waals surface area contributed by atoms with Crippen LogP contribution < -0.4 is 5.32 Å². The van der Waals surface area contributed by atoms with E-state index in [1.807, 2.05) is 6.08 Å². The van der Waals surface area contributed by atoms with Crippen molar-refractivity contribution in [1.29, 1.82) is 0 Å². The summed E-state index contributed by atoms with van der Waals surface area (Å²) in [5.74, 6) is -0.721. The summed E-state index contributed by atoms with van der Waals surface area (Å²) >= 11 is 6.09. The fraction of sp³-hybridized carbons (Fsp3) is 0.727. The zero-order valence-electron chi connectivity index (χ0n) is 8.79. The first-order valence-corrected chi connectivity index (χ1v) is 5.88. The molecule has 1 aliphatic rings. The molecule has 1 saturated heterocycles. The molecule has 0 unspecified atom stereocenters. The summed E-state index contributed by atoms with van der Waals surface area (Å²) in [5.41, 5.74) is 0. The Morgan fingerprint density at radius 3 is 2.93 bits per heavy atom. The summed E-state index contributed by atoms with van der Waals surface area (Å²) in [7, 11) is 0. The molecule has 1 aliphatic heterocycles. The Balaban J connectivity index is 2.03. The Bertz CT molecular complexity index is 231. The Labute approximate surface area is 95.5 Å². The molecule has 0 spiro atoms. The number of nitrogens with one attached hydrogen (secondary N) is 1. The Morgan fingerprint density at radius 2 is 2.33 bits per heavy atom. The van der Waals surface area contributed by atoms with Crippen LogP contribution in [0.4, 0.5) is 0 Å². The van der Waals surface area contributed by atoms with Gasteiger partial charge in [-0.25, -0.2) is 0 Å². The average molecular weight is 232 g/mol. The highest BCUT2D eigenvalue weighted by molar-refractivity contribution is 6.21. The van der Waals surface area contributed by atoms with Gasteiger partial charge in [-0.05, 0) is 32.2 Å². The zero-order chi connectivity index (χ0) is 11.1. The van der Waals surface area contributed by atoms with Crippen LogP contribution in [-0.4, -0.2) is 29.0 Å². The fourth-order valence-corrected chi connectivity index (χ4v) is 2.00. The van der Waals surface area contributed by atoms with Gasteiger partial charge < -0.3 is 10.4 Å². The number of hydrogen-bond acceptors (Lipinski definition) is 2. The molecule has 15 heavy (non-hydrogen) atoms. The van der Waals surface area contributed by atoms with Crippen molar-refractivity contribution in [3.05, 3.63) is 12.2 Å². The van der Waals surface area contributed by atoms with Crippen molar-refractivity contribution in [2.75, 3.05) is 6.54 Å². The van der Waals surface area contributed by atoms with Gasteiger partial charge in [0.2, 0.25) is 0 Å². The van der Waals surface area contributed by atoms with Gasteiger partial charge in [0.25, 0.3) is 0 Å². The van der Waals surface area contributed by atoms with Gasteiger partial charge in [0.05, 0.1) is 5.38 Å². The molecule has 0 aromatic carbocycles. The third-order valence-corrected chi connectivity index (χ3v) is 3.10. The number of hydrogen-bond donors (Lipinski definition) is 2. The van der Waals surface area contributed by atoms with Crippen LogP contribution in [0.15, 0.2) is 12.2 Å². The van der Waals surface area contributed by atoms with E-state index in [1.165, 1.54) is 0 Å². The molecule has 1 heterocycles. The van der Waals surface area contributed by atoms with Crippen LogP contribution in [0.25, 0.3) is 0 Å². The topological polar surface area (TPSA) is 49.3 Å². The van der Waals surface area contributed by atoms with Gasteiger partial charge in [0.15, 0.2) is 0 Å². The predicted octanol–water partition coefficient (Wildman–Crippen LogP) is 2.16. The zero-order valence-corrected chi connectivity index (χ0v) is 9.54. The second-order valence-corrected chi connectivity index (χ2v) is 4.42. The number of halogens is 1. The van der Waals surface area contributed by atoms with Crippen molar-refractivity contribution < 1.29 is 9.90 Å².